The van der Waals surface area contributed by atoms with Crippen LogP contribution in [0.1, 0.15) is 472 Å². The summed E-state index contributed by atoms with van der Waals surface area (Å²) in [7, 11) is -9.93. The number of carbonyl (C=O) groups excluding carboxylic acids is 4. The Morgan fingerprint density at radius 1 is 0.252 bits per heavy atom. The highest BCUT2D eigenvalue weighted by Gasteiger charge is 2.30. The van der Waals surface area contributed by atoms with Gasteiger partial charge in [-0.25, -0.2) is 9.13 Å². The number of hydrogen-bond donors (Lipinski definition) is 3. The molecule has 2 unspecified atom stereocenters. The first-order valence-corrected chi connectivity index (χ1v) is 48.5. The van der Waals surface area contributed by atoms with Crippen LogP contribution in [0.15, 0.2) is 0 Å². The average molecular weight is 1560 g/mol. The molecule has 636 valence electrons. The molecule has 0 saturated carbocycles. The van der Waals surface area contributed by atoms with Crippen LogP contribution >= 0.6 is 15.6 Å². The van der Waals surface area contributed by atoms with Crippen LogP contribution in [0.25, 0.3) is 0 Å². The van der Waals surface area contributed by atoms with Gasteiger partial charge in [0.2, 0.25) is 0 Å². The number of ether oxygens (including phenoxy) is 4. The largest absolute Gasteiger partial charge is 0.472 e. The molecule has 0 aromatic rings. The van der Waals surface area contributed by atoms with E-state index in [0.717, 1.165) is 102 Å². The Labute approximate surface area is 658 Å². The first-order chi connectivity index (χ1) is 51.9. The minimum absolute atomic E-state index is 0.108. The lowest BCUT2D eigenvalue weighted by atomic mass is 10.0. The third kappa shape index (κ3) is 81.9. The predicted octanol–water partition coefficient (Wildman–Crippen LogP) is 27.0. The molecule has 107 heavy (non-hydrogen) atoms. The zero-order valence-corrected chi connectivity index (χ0v) is 72.2. The fourth-order valence-corrected chi connectivity index (χ4v) is 15.4. The van der Waals surface area contributed by atoms with Gasteiger partial charge >= 0.3 is 39.5 Å². The van der Waals surface area contributed by atoms with E-state index in [4.69, 9.17) is 37.0 Å². The molecule has 5 atom stereocenters. The first-order valence-electron chi connectivity index (χ1n) is 45.5. The third-order valence-electron chi connectivity index (χ3n) is 20.7. The van der Waals surface area contributed by atoms with E-state index >= 15 is 0 Å². The summed E-state index contributed by atoms with van der Waals surface area (Å²) in [6.45, 7) is 9.74. The number of esters is 4. The number of unbranched alkanes of at least 4 members (excludes halogenated alkanes) is 57. The van der Waals surface area contributed by atoms with E-state index in [1.54, 1.807) is 0 Å². The predicted molar refractivity (Wildman–Crippen MR) is 442 cm³/mol. The molecule has 0 aromatic heterocycles. The van der Waals surface area contributed by atoms with Crippen LogP contribution in [0, 0.1) is 11.8 Å². The Balaban J connectivity index is 5.26. The fraction of sp³-hybridized carbons (Fsp3) is 0.955. The van der Waals surface area contributed by atoms with Gasteiger partial charge in [-0.15, -0.1) is 0 Å². The summed E-state index contributed by atoms with van der Waals surface area (Å²) in [4.78, 5) is 73.3. The van der Waals surface area contributed by atoms with Gasteiger partial charge < -0.3 is 33.8 Å². The van der Waals surface area contributed by atoms with Crippen molar-refractivity contribution in [2.75, 3.05) is 39.6 Å². The molecule has 0 bridgehead atoms. The Morgan fingerprint density at radius 3 is 0.636 bits per heavy atom. The normalized spacial score (nSPS) is 13.8. The molecular weight excluding hydrogens is 1390 g/mol. The van der Waals surface area contributed by atoms with Crippen LogP contribution in [0.3, 0.4) is 0 Å². The summed E-state index contributed by atoms with van der Waals surface area (Å²) >= 11 is 0. The van der Waals surface area contributed by atoms with Gasteiger partial charge in [0.15, 0.2) is 12.2 Å². The van der Waals surface area contributed by atoms with E-state index in [1.165, 1.54) is 289 Å². The Bertz CT molecular complexity index is 2050. The van der Waals surface area contributed by atoms with Crippen LogP contribution in [-0.2, 0) is 65.4 Å². The number of aliphatic hydroxyl groups excluding tert-OH is 1. The summed E-state index contributed by atoms with van der Waals surface area (Å²) in [5.41, 5.74) is 0. The lowest BCUT2D eigenvalue weighted by Gasteiger charge is -2.21. The number of phosphoric ester groups is 2. The number of phosphoric acid groups is 2. The molecule has 0 heterocycles. The molecule has 0 spiro atoms. The van der Waals surface area contributed by atoms with Crippen molar-refractivity contribution >= 4 is 39.5 Å². The highest BCUT2D eigenvalue weighted by molar-refractivity contribution is 7.47. The van der Waals surface area contributed by atoms with Gasteiger partial charge in [-0.05, 0) is 37.5 Å². The maximum atomic E-state index is 13.2. The lowest BCUT2D eigenvalue weighted by Crippen LogP contribution is -2.30. The monoisotopic (exact) mass is 1560 g/mol. The van der Waals surface area contributed by atoms with Gasteiger partial charge in [-0.1, -0.05) is 420 Å². The van der Waals surface area contributed by atoms with Crippen molar-refractivity contribution in [1.29, 1.82) is 0 Å². The second-order valence-corrected chi connectivity index (χ2v) is 35.5. The topological polar surface area (TPSA) is 237 Å². The maximum absolute atomic E-state index is 13.2. The van der Waals surface area contributed by atoms with Crippen LogP contribution in [0.2, 0.25) is 0 Å². The van der Waals surface area contributed by atoms with E-state index in [1.807, 2.05) is 0 Å². The maximum Gasteiger partial charge on any atom is 0.472 e. The van der Waals surface area contributed by atoms with Crippen LogP contribution in [-0.4, -0.2) is 96.7 Å². The molecule has 0 aliphatic carbocycles. The zero-order valence-electron chi connectivity index (χ0n) is 70.5. The molecule has 19 heteroatoms. The van der Waals surface area contributed by atoms with E-state index < -0.39 is 97.5 Å². The van der Waals surface area contributed by atoms with Crippen molar-refractivity contribution in [1.82, 2.24) is 0 Å². The van der Waals surface area contributed by atoms with E-state index in [9.17, 15) is 43.2 Å². The summed E-state index contributed by atoms with van der Waals surface area (Å²) < 4.78 is 69.0. The Morgan fingerprint density at radius 2 is 0.430 bits per heavy atom. The van der Waals surface area contributed by atoms with Gasteiger partial charge in [0.1, 0.15) is 19.3 Å². The molecule has 0 saturated heterocycles. The highest BCUT2D eigenvalue weighted by Crippen LogP contribution is 2.45. The number of aliphatic hydroxyl groups is 1. The quantitative estimate of drug-likeness (QED) is 0.0222. The molecule has 3 N–H and O–H groups in total. The minimum atomic E-state index is -4.97. The molecule has 0 aromatic carbocycles. The molecule has 17 nitrogen and oxygen atoms in total. The van der Waals surface area contributed by atoms with E-state index in [0.29, 0.717) is 25.7 Å². The average Bonchev–Trinajstić information content (AvgIpc) is 0.901. The summed E-state index contributed by atoms with van der Waals surface area (Å²) in [5.74, 6) is -0.490. The van der Waals surface area contributed by atoms with E-state index in [2.05, 4.69) is 41.5 Å². The van der Waals surface area contributed by atoms with Crippen molar-refractivity contribution in [3.05, 3.63) is 0 Å². The van der Waals surface area contributed by atoms with Crippen molar-refractivity contribution < 1.29 is 80.2 Å². The minimum Gasteiger partial charge on any atom is -0.462 e. The molecule has 0 fully saturated rings. The van der Waals surface area contributed by atoms with Gasteiger partial charge in [0, 0.05) is 25.7 Å². The first kappa shape index (κ1) is 105. The van der Waals surface area contributed by atoms with Crippen LogP contribution < -0.4 is 0 Å². The van der Waals surface area contributed by atoms with Crippen molar-refractivity contribution in [3.8, 4) is 0 Å². The number of carbonyl (C=O) groups is 4. The van der Waals surface area contributed by atoms with Crippen LogP contribution in [0.5, 0.6) is 0 Å². The van der Waals surface area contributed by atoms with Crippen molar-refractivity contribution in [3.63, 3.8) is 0 Å². The zero-order chi connectivity index (χ0) is 78.5. The molecular formula is C88H172O17P2. The molecule has 0 amide bonds. The second kappa shape index (κ2) is 79.3. The Hall–Kier alpha value is -1.94. The fourth-order valence-electron chi connectivity index (χ4n) is 13.8. The standard InChI is InChI=1S/C88H172O17P2/c1-7-9-11-13-15-17-19-21-22-25-29-35-41-47-53-59-65-71-86(91)99-77-84(104-87(92)72-66-60-54-48-42-36-30-27-24-23-26-28-33-38-44-50-56-62-68-80(3)4)79-103-107(96,97)101-75-82(89)74-100-106(94,95)102-78-83(76-98-85(90)70-64-58-52-46-40-32-20-18-16-14-12-10-8-2)105-88(93)73-67-61-55-49-43-37-31-34-39-45-51-57-63-69-81(5)6/h80-84,89H,7-79H2,1-6H3,(H,94,95)(H,96,97)/t82-,83+,84+/m0/s1. The lowest BCUT2D eigenvalue weighted by molar-refractivity contribution is -0.161. The van der Waals surface area contributed by atoms with Crippen molar-refractivity contribution in [2.45, 2.75) is 490 Å². The Kier molecular flexibility index (Phi) is 77.9. The van der Waals surface area contributed by atoms with E-state index in [-0.39, 0.29) is 25.7 Å². The summed E-state index contributed by atoms with van der Waals surface area (Å²) in [6, 6.07) is 0. The highest BCUT2D eigenvalue weighted by atomic mass is 31.2. The smallest absolute Gasteiger partial charge is 0.462 e. The third-order valence-corrected chi connectivity index (χ3v) is 22.6. The van der Waals surface area contributed by atoms with Gasteiger partial charge in [0.05, 0.1) is 26.4 Å². The molecule has 0 aliphatic heterocycles. The summed E-state index contributed by atoms with van der Waals surface area (Å²) in [6.07, 6.45) is 72.1. The van der Waals surface area contributed by atoms with Crippen LogP contribution in [0.4, 0.5) is 0 Å². The number of rotatable bonds is 87. The van der Waals surface area contributed by atoms with Gasteiger partial charge in [0.25, 0.3) is 0 Å². The SMILES string of the molecule is CCCCCCCCCCCCCCCCCCCC(=O)OC[C@H](COP(=O)(O)OC[C@@H](O)COP(=O)(O)OC[C@@H](COC(=O)CCCCCCCCCCCCCCC)OC(=O)CCCCCCCCCCCCCCCC(C)C)OC(=O)CCCCCCCCCCCCCCCCCCCCC(C)C. The molecule has 0 rings (SSSR count). The number of hydrogen-bond acceptors (Lipinski definition) is 15. The molecule has 0 radical (unpaired) electrons. The second-order valence-electron chi connectivity index (χ2n) is 32.6. The summed E-state index contributed by atoms with van der Waals surface area (Å²) in [5, 5.41) is 10.7. The van der Waals surface area contributed by atoms with Gasteiger partial charge in [-0.2, -0.15) is 0 Å². The van der Waals surface area contributed by atoms with Gasteiger partial charge in [-0.3, -0.25) is 37.3 Å². The van der Waals surface area contributed by atoms with Crippen molar-refractivity contribution in [2.24, 2.45) is 11.8 Å². The molecule has 0 aliphatic rings.